The van der Waals surface area contributed by atoms with E-state index >= 15 is 0 Å². The van der Waals surface area contributed by atoms with Crippen molar-refractivity contribution in [3.05, 3.63) is 65.7 Å². The molecule has 1 unspecified atom stereocenters. The molecule has 0 aliphatic carbocycles. The molecule has 2 nitrogen and oxygen atoms in total. The average Bonchev–Trinajstić information content (AvgIpc) is 2.55. The lowest BCUT2D eigenvalue weighted by atomic mass is 9.75. The number of ether oxygens (including phenoxy) is 1. The molecule has 0 bridgehead atoms. The van der Waals surface area contributed by atoms with E-state index < -0.39 is 0 Å². The van der Waals surface area contributed by atoms with Gasteiger partial charge in [0.25, 0.3) is 0 Å². The highest BCUT2D eigenvalue weighted by Crippen LogP contribution is 2.32. The summed E-state index contributed by atoms with van der Waals surface area (Å²) in [7, 11) is 1.63. The summed E-state index contributed by atoms with van der Waals surface area (Å²) in [4.78, 5) is 12.6. The molecule has 21 heavy (non-hydrogen) atoms. The standard InChI is InChI=1S/C19H22O2/c1-4-19(2,16-8-6-5-7-9-16)14-18(20)15-10-12-17(21-3)13-11-15/h5-13H,4,14H2,1-3H3. The Morgan fingerprint density at radius 2 is 1.67 bits per heavy atom. The maximum atomic E-state index is 12.6. The first-order valence-corrected chi connectivity index (χ1v) is 7.32. The molecule has 0 heterocycles. The quantitative estimate of drug-likeness (QED) is 0.722. The summed E-state index contributed by atoms with van der Waals surface area (Å²) in [6, 6.07) is 17.6. The zero-order valence-electron chi connectivity index (χ0n) is 12.9. The fourth-order valence-corrected chi connectivity index (χ4v) is 2.51. The second-order valence-electron chi connectivity index (χ2n) is 5.61. The van der Waals surface area contributed by atoms with Crippen molar-refractivity contribution in [1.29, 1.82) is 0 Å². The van der Waals surface area contributed by atoms with E-state index in [2.05, 4.69) is 26.0 Å². The number of hydrogen-bond donors (Lipinski definition) is 0. The van der Waals surface area contributed by atoms with Crippen molar-refractivity contribution in [2.45, 2.75) is 32.1 Å². The normalized spacial score (nSPS) is 13.5. The van der Waals surface area contributed by atoms with Gasteiger partial charge in [-0.1, -0.05) is 44.2 Å². The van der Waals surface area contributed by atoms with Crippen molar-refractivity contribution in [3.63, 3.8) is 0 Å². The van der Waals surface area contributed by atoms with Crippen LogP contribution in [0.2, 0.25) is 0 Å². The molecule has 2 aromatic rings. The van der Waals surface area contributed by atoms with Crippen LogP contribution in [0, 0.1) is 0 Å². The summed E-state index contributed by atoms with van der Waals surface area (Å²) >= 11 is 0. The summed E-state index contributed by atoms with van der Waals surface area (Å²) in [5.41, 5.74) is 1.83. The molecule has 0 aromatic heterocycles. The maximum absolute atomic E-state index is 12.6. The number of carbonyl (C=O) groups is 1. The van der Waals surface area contributed by atoms with Crippen molar-refractivity contribution in [1.82, 2.24) is 0 Å². The zero-order valence-corrected chi connectivity index (χ0v) is 12.9. The van der Waals surface area contributed by atoms with Crippen LogP contribution in [0.25, 0.3) is 0 Å². The molecule has 2 aromatic carbocycles. The molecule has 2 rings (SSSR count). The lowest BCUT2D eigenvalue weighted by Crippen LogP contribution is -2.25. The van der Waals surface area contributed by atoms with E-state index in [-0.39, 0.29) is 11.2 Å². The molecule has 2 heteroatoms. The smallest absolute Gasteiger partial charge is 0.163 e. The van der Waals surface area contributed by atoms with E-state index in [0.29, 0.717) is 6.42 Å². The third-order valence-corrected chi connectivity index (χ3v) is 4.21. The van der Waals surface area contributed by atoms with Crippen LogP contribution in [0.4, 0.5) is 0 Å². The van der Waals surface area contributed by atoms with Crippen molar-refractivity contribution in [3.8, 4) is 5.75 Å². The van der Waals surface area contributed by atoms with Gasteiger partial charge in [0.1, 0.15) is 5.75 Å². The Bertz CT molecular complexity index is 587. The fraction of sp³-hybridized carbons (Fsp3) is 0.316. The first-order chi connectivity index (χ1) is 10.1. The van der Waals surface area contributed by atoms with Gasteiger partial charge in [-0.25, -0.2) is 0 Å². The average molecular weight is 282 g/mol. The van der Waals surface area contributed by atoms with E-state index in [1.165, 1.54) is 5.56 Å². The third-order valence-electron chi connectivity index (χ3n) is 4.21. The summed E-state index contributed by atoms with van der Waals surface area (Å²) in [5.74, 6) is 0.943. The van der Waals surface area contributed by atoms with Gasteiger partial charge in [-0.3, -0.25) is 4.79 Å². The Morgan fingerprint density at radius 1 is 1.05 bits per heavy atom. The number of methoxy groups -OCH3 is 1. The molecular formula is C19H22O2. The maximum Gasteiger partial charge on any atom is 0.163 e. The monoisotopic (exact) mass is 282 g/mol. The van der Waals surface area contributed by atoms with E-state index in [9.17, 15) is 4.79 Å². The van der Waals surface area contributed by atoms with Crippen LogP contribution in [0.3, 0.4) is 0 Å². The Morgan fingerprint density at radius 3 is 2.19 bits per heavy atom. The second kappa shape index (κ2) is 6.57. The molecular weight excluding hydrogens is 260 g/mol. The number of carbonyl (C=O) groups excluding carboxylic acids is 1. The topological polar surface area (TPSA) is 26.3 Å². The third kappa shape index (κ3) is 3.52. The van der Waals surface area contributed by atoms with Gasteiger partial charge < -0.3 is 4.74 Å². The molecule has 0 aliphatic rings. The van der Waals surface area contributed by atoms with Crippen molar-refractivity contribution >= 4 is 5.78 Å². The molecule has 110 valence electrons. The van der Waals surface area contributed by atoms with Crippen LogP contribution in [0.5, 0.6) is 5.75 Å². The summed E-state index contributed by atoms with van der Waals surface area (Å²) in [6.45, 7) is 4.29. The highest BCUT2D eigenvalue weighted by molar-refractivity contribution is 5.97. The molecule has 0 radical (unpaired) electrons. The molecule has 0 aliphatic heterocycles. The van der Waals surface area contributed by atoms with Crippen LogP contribution in [-0.2, 0) is 5.41 Å². The number of rotatable bonds is 6. The van der Waals surface area contributed by atoms with Crippen molar-refractivity contribution < 1.29 is 9.53 Å². The first-order valence-electron chi connectivity index (χ1n) is 7.32. The van der Waals surface area contributed by atoms with E-state index in [0.717, 1.165) is 17.7 Å². The first kappa shape index (κ1) is 15.3. The minimum Gasteiger partial charge on any atom is -0.497 e. The largest absolute Gasteiger partial charge is 0.497 e. The van der Waals surface area contributed by atoms with Crippen LogP contribution >= 0.6 is 0 Å². The second-order valence-corrected chi connectivity index (χ2v) is 5.61. The summed E-state index contributed by atoms with van der Waals surface area (Å²) < 4.78 is 5.13. The SMILES string of the molecule is CCC(C)(CC(=O)c1ccc(OC)cc1)c1ccccc1. The Labute approximate surface area is 126 Å². The molecule has 0 N–H and O–H groups in total. The lowest BCUT2D eigenvalue weighted by Gasteiger charge is -2.28. The fourth-order valence-electron chi connectivity index (χ4n) is 2.51. The van der Waals surface area contributed by atoms with Gasteiger partial charge in [0.2, 0.25) is 0 Å². The number of benzene rings is 2. The van der Waals surface area contributed by atoms with Crippen molar-refractivity contribution in [2.75, 3.05) is 7.11 Å². The van der Waals surface area contributed by atoms with E-state index in [1.54, 1.807) is 7.11 Å². The van der Waals surface area contributed by atoms with Gasteiger partial charge in [-0.05, 0) is 41.7 Å². The van der Waals surface area contributed by atoms with Crippen LogP contribution in [0.1, 0.15) is 42.6 Å². The van der Waals surface area contributed by atoms with Crippen LogP contribution in [0.15, 0.2) is 54.6 Å². The van der Waals surface area contributed by atoms with Gasteiger partial charge in [0.05, 0.1) is 7.11 Å². The predicted octanol–water partition coefficient (Wildman–Crippen LogP) is 4.64. The Balaban J connectivity index is 2.19. The van der Waals surface area contributed by atoms with Gasteiger partial charge in [-0.2, -0.15) is 0 Å². The number of hydrogen-bond acceptors (Lipinski definition) is 2. The van der Waals surface area contributed by atoms with Crippen molar-refractivity contribution in [2.24, 2.45) is 0 Å². The molecule has 1 atom stereocenters. The summed E-state index contributed by atoms with van der Waals surface area (Å²) in [6.07, 6.45) is 1.44. The van der Waals surface area contributed by atoms with Crippen LogP contribution in [-0.4, -0.2) is 12.9 Å². The predicted molar refractivity (Wildman–Crippen MR) is 86.0 cm³/mol. The molecule has 0 amide bonds. The van der Waals surface area contributed by atoms with Gasteiger partial charge >= 0.3 is 0 Å². The van der Waals surface area contributed by atoms with E-state index in [1.807, 2.05) is 42.5 Å². The molecule has 0 saturated carbocycles. The highest BCUT2D eigenvalue weighted by atomic mass is 16.5. The lowest BCUT2D eigenvalue weighted by molar-refractivity contribution is 0.0952. The Hall–Kier alpha value is -2.09. The van der Waals surface area contributed by atoms with Gasteiger partial charge in [0, 0.05) is 12.0 Å². The minimum absolute atomic E-state index is 0.127. The molecule has 0 spiro atoms. The zero-order chi connectivity index (χ0) is 15.3. The Kier molecular flexibility index (Phi) is 4.79. The summed E-state index contributed by atoms with van der Waals surface area (Å²) in [5, 5.41) is 0. The van der Waals surface area contributed by atoms with Gasteiger partial charge in [-0.15, -0.1) is 0 Å². The van der Waals surface area contributed by atoms with Crippen LogP contribution < -0.4 is 4.74 Å². The molecule has 0 saturated heterocycles. The molecule has 0 fully saturated rings. The van der Waals surface area contributed by atoms with Gasteiger partial charge in [0.15, 0.2) is 5.78 Å². The number of Topliss-reactive ketones (excluding diaryl/α,β-unsaturated/α-hetero) is 1. The van der Waals surface area contributed by atoms with E-state index in [4.69, 9.17) is 4.74 Å². The minimum atomic E-state index is -0.127. The number of ketones is 1. The highest BCUT2D eigenvalue weighted by Gasteiger charge is 2.28.